The Kier molecular flexibility index (Phi) is 3.19. The lowest BCUT2D eigenvalue weighted by atomic mass is 10.1. The Bertz CT molecular complexity index is 487. The molecule has 0 saturated heterocycles. The zero-order valence-corrected chi connectivity index (χ0v) is 11.3. The summed E-state index contributed by atoms with van der Waals surface area (Å²) in [5, 5.41) is 0. The number of benzene rings is 1. The first kappa shape index (κ1) is 12.1. The molecule has 5 heteroatoms. The molecule has 1 heterocycles. The van der Waals surface area contributed by atoms with Crippen LogP contribution >= 0.6 is 15.9 Å². The quantitative estimate of drug-likeness (QED) is 0.836. The second-order valence-corrected chi connectivity index (χ2v) is 5.09. The molecule has 0 radical (unpaired) electrons. The number of rotatable bonds is 2. The van der Waals surface area contributed by atoms with E-state index in [9.17, 15) is 9.59 Å². The number of hydrogen-bond donors (Lipinski definition) is 0. The predicted molar refractivity (Wildman–Crippen MR) is 70.4 cm³/mol. The molecule has 0 aromatic heterocycles. The molecule has 1 aliphatic heterocycles. The Morgan fingerprint density at radius 1 is 1.41 bits per heavy atom. The molecule has 0 aliphatic carbocycles. The summed E-state index contributed by atoms with van der Waals surface area (Å²) in [6.45, 7) is 1.93. The first-order valence-corrected chi connectivity index (χ1v) is 6.09. The molecule has 0 atom stereocenters. The first-order chi connectivity index (χ1) is 7.99. The zero-order chi connectivity index (χ0) is 12.6. The third-order valence-electron chi connectivity index (χ3n) is 2.69. The van der Waals surface area contributed by atoms with Crippen molar-refractivity contribution in [1.29, 1.82) is 0 Å². The molecule has 1 amide bonds. The maximum Gasteiger partial charge on any atom is 0.246 e. The van der Waals surface area contributed by atoms with Gasteiger partial charge in [-0.25, -0.2) is 0 Å². The minimum Gasteiger partial charge on any atom is -0.364 e. The van der Waals surface area contributed by atoms with Crippen molar-refractivity contribution in [1.82, 2.24) is 0 Å². The summed E-state index contributed by atoms with van der Waals surface area (Å²) in [5.41, 5.74) is 1.75. The second kappa shape index (κ2) is 4.49. The lowest BCUT2D eigenvalue weighted by molar-refractivity contribution is -0.121. The van der Waals surface area contributed by atoms with Gasteiger partial charge in [0.1, 0.15) is 5.78 Å². The van der Waals surface area contributed by atoms with Crippen LogP contribution in [0, 0.1) is 0 Å². The molecule has 2 rings (SSSR count). The van der Waals surface area contributed by atoms with Crippen molar-refractivity contribution < 1.29 is 9.59 Å². The van der Waals surface area contributed by atoms with Crippen LogP contribution in [-0.2, 0) is 9.59 Å². The number of likely N-dealkylation sites (N-methyl/N-ethyl adjacent to an activating group) is 1. The smallest absolute Gasteiger partial charge is 0.246 e. The SMILES string of the molecule is CC(=O)CN1C(=O)CN(C)c2cc(Br)ccc21. The number of hydrogen-bond acceptors (Lipinski definition) is 3. The lowest BCUT2D eigenvalue weighted by Crippen LogP contribution is -2.46. The highest BCUT2D eigenvalue weighted by atomic mass is 79.9. The molecule has 0 saturated carbocycles. The third-order valence-corrected chi connectivity index (χ3v) is 3.19. The number of halogens is 1. The number of carbonyl (C=O) groups excluding carboxylic acids is 2. The number of ketones is 1. The van der Waals surface area contributed by atoms with Gasteiger partial charge in [-0.3, -0.25) is 9.59 Å². The standard InChI is InChI=1S/C12H13BrN2O2/c1-8(16)6-15-10-4-3-9(13)5-11(10)14(2)7-12(15)17/h3-5H,6-7H2,1-2H3. The molecule has 0 bridgehead atoms. The third kappa shape index (κ3) is 2.34. The minimum absolute atomic E-state index is 0.0169. The van der Waals surface area contributed by atoms with E-state index in [0.717, 1.165) is 15.8 Å². The number of amides is 1. The fourth-order valence-corrected chi connectivity index (χ4v) is 2.28. The fourth-order valence-electron chi connectivity index (χ4n) is 1.93. The van der Waals surface area contributed by atoms with E-state index >= 15 is 0 Å². The fraction of sp³-hybridized carbons (Fsp3) is 0.333. The molecule has 0 unspecified atom stereocenters. The van der Waals surface area contributed by atoms with Crippen molar-refractivity contribution in [3.05, 3.63) is 22.7 Å². The van der Waals surface area contributed by atoms with Gasteiger partial charge in [-0.15, -0.1) is 0 Å². The minimum atomic E-state index is -0.0440. The Balaban J connectivity index is 2.46. The maximum atomic E-state index is 11.9. The Morgan fingerprint density at radius 3 is 2.76 bits per heavy atom. The van der Waals surface area contributed by atoms with Crippen LogP contribution in [0.4, 0.5) is 11.4 Å². The van der Waals surface area contributed by atoms with Crippen molar-refractivity contribution >= 4 is 39.0 Å². The van der Waals surface area contributed by atoms with Crippen molar-refractivity contribution in [2.45, 2.75) is 6.92 Å². The monoisotopic (exact) mass is 296 g/mol. The lowest BCUT2D eigenvalue weighted by Gasteiger charge is -2.34. The van der Waals surface area contributed by atoms with Crippen molar-refractivity contribution in [3.8, 4) is 0 Å². The van der Waals surface area contributed by atoms with Gasteiger partial charge in [0.15, 0.2) is 0 Å². The van der Waals surface area contributed by atoms with E-state index in [-0.39, 0.29) is 18.2 Å². The second-order valence-electron chi connectivity index (χ2n) is 4.17. The van der Waals surface area contributed by atoms with Crippen molar-refractivity contribution in [2.75, 3.05) is 29.9 Å². The highest BCUT2D eigenvalue weighted by Gasteiger charge is 2.27. The van der Waals surface area contributed by atoms with Crippen LogP contribution in [0.2, 0.25) is 0 Å². The van der Waals surface area contributed by atoms with E-state index in [0.29, 0.717) is 6.54 Å². The van der Waals surface area contributed by atoms with Crippen molar-refractivity contribution in [3.63, 3.8) is 0 Å². The van der Waals surface area contributed by atoms with Crippen LogP contribution in [0.15, 0.2) is 22.7 Å². The number of nitrogens with zero attached hydrogens (tertiary/aromatic N) is 2. The first-order valence-electron chi connectivity index (χ1n) is 5.29. The summed E-state index contributed by atoms with van der Waals surface area (Å²) in [7, 11) is 1.87. The van der Waals surface area contributed by atoms with Crippen LogP contribution < -0.4 is 9.80 Å². The summed E-state index contributed by atoms with van der Waals surface area (Å²) < 4.78 is 0.959. The molecule has 90 valence electrons. The van der Waals surface area contributed by atoms with Gasteiger partial charge in [0.05, 0.1) is 24.5 Å². The van der Waals surface area contributed by atoms with Gasteiger partial charge < -0.3 is 9.80 Å². The van der Waals surface area contributed by atoms with Gasteiger partial charge >= 0.3 is 0 Å². The molecule has 17 heavy (non-hydrogen) atoms. The molecule has 0 fully saturated rings. The molecule has 4 nitrogen and oxygen atoms in total. The Labute approximate surface area is 108 Å². The summed E-state index contributed by atoms with van der Waals surface area (Å²) in [6, 6.07) is 5.68. The normalized spacial score (nSPS) is 14.9. The molecule has 1 aromatic rings. The number of carbonyl (C=O) groups is 2. The van der Waals surface area contributed by atoms with Gasteiger partial charge in [0.25, 0.3) is 0 Å². The van der Waals surface area contributed by atoms with E-state index in [1.54, 1.807) is 4.90 Å². The summed E-state index contributed by atoms with van der Waals surface area (Å²) in [4.78, 5) is 26.5. The topological polar surface area (TPSA) is 40.6 Å². The average molecular weight is 297 g/mol. The van der Waals surface area contributed by atoms with Crippen LogP contribution in [0.25, 0.3) is 0 Å². The Hall–Kier alpha value is -1.36. The Morgan fingerprint density at radius 2 is 2.12 bits per heavy atom. The van der Waals surface area contributed by atoms with E-state index in [4.69, 9.17) is 0 Å². The maximum absolute atomic E-state index is 11.9. The molecular formula is C12H13BrN2O2. The van der Waals surface area contributed by atoms with Gasteiger partial charge in [-0.1, -0.05) is 15.9 Å². The predicted octanol–water partition coefficient (Wildman–Crippen LogP) is 1.82. The molecule has 0 spiro atoms. The summed E-state index contributed by atoms with van der Waals surface area (Å²) in [6.07, 6.45) is 0. The van der Waals surface area contributed by atoms with Gasteiger partial charge in [0, 0.05) is 11.5 Å². The van der Waals surface area contributed by atoms with Gasteiger partial charge in [0.2, 0.25) is 5.91 Å². The molecular weight excluding hydrogens is 284 g/mol. The zero-order valence-electron chi connectivity index (χ0n) is 9.74. The average Bonchev–Trinajstić information content (AvgIpc) is 2.24. The molecule has 1 aliphatic rings. The van der Waals surface area contributed by atoms with E-state index in [2.05, 4.69) is 15.9 Å². The van der Waals surface area contributed by atoms with Crippen molar-refractivity contribution in [2.24, 2.45) is 0 Å². The number of Topliss-reactive ketones (excluding diaryl/α,β-unsaturated/α-hetero) is 1. The van der Waals surface area contributed by atoms with Crippen LogP contribution in [0.3, 0.4) is 0 Å². The van der Waals surface area contributed by atoms with Crippen LogP contribution in [-0.4, -0.2) is 31.8 Å². The van der Waals surface area contributed by atoms with E-state index in [1.807, 2.05) is 30.1 Å². The molecule has 0 N–H and O–H groups in total. The summed E-state index contributed by atoms with van der Waals surface area (Å²) in [5.74, 6) is -0.0608. The highest BCUT2D eigenvalue weighted by molar-refractivity contribution is 9.10. The number of anilines is 2. The molecule has 1 aromatic carbocycles. The van der Waals surface area contributed by atoms with Crippen LogP contribution in [0.5, 0.6) is 0 Å². The highest BCUT2D eigenvalue weighted by Crippen LogP contribution is 2.34. The van der Waals surface area contributed by atoms with Gasteiger partial charge in [-0.2, -0.15) is 0 Å². The van der Waals surface area contributed by atoms with Crippen LogP contribution in [0.1, 0.15) is 6.92 Å². The van der Waals surface area contributed by atoms with Gasteiger partial charge in [-0.05, 0) is 25.1 Å². The largest absolute Gasteiger partial charge is 0.364 e. The summed E-state index contributed by atoms with van der Waals surface area (Å²) >= 11 is 3.41. The van der Waals surface area contributed by atoms with E-state index < -0.39 is 0 Å². The van der Waals surface area contributed by atoms with E-state index in [1.165, 1.54) is 6.92 Å². The number of fused-ring (bicyclic) bond motifs is 1.